The highest BCUT2D eigenvalue weighted by molar-refractivity contribution is 7.85. The maximum absolute atomic E-state index is 13.0. The van der Waals surface area contributed by atoms with Crippen molar-refractivity contribution in [3.05, 3.63) is 35.9 Å². The van der Waals surface area contributed by atoms with Crippen molar-refractivity contribution in [1.82, 2.24) is 4.72 Å². The Labute approximate surface area is 168 Å². The van der Waals surface area contributed by atoms with Crippen LogP contribution < -0.4 is 9.03 Å². The van der Waals surface area contributed by atoms with Crippen LogP contribution in [0, 0.1) is 0 Å². The van der Waals surface area contributed by atoms with Crippen molar-refractivity contribution < 1.29 is 32.4 Å². The summed E-state index contributed by atoms with van der Waals surface area (Å²) >= 11 is -1.79. The molecule has 0 radical (unpaired) electrons. The molecule has 1 heterocycles. The Kier molecular flexibility index (Phi) is 5.77. The predicted octanol–water partition coefficient (Wildman–Crippen LogP) is 3.09. The molecule has 0 spiro atoms. The lowest BCUT2D eigenvalue weighted by atomic mass is 9.91. The van der Waals surface area contributed by atoms with E-state index in [1.54, 1.807) is 24.3 Å². The fraction of sp³-hybridized carbons (Fsp3) is 0.421. The molecule has 1 fully saturated rings. The molecule has 1 amide bonds. The molecule has 158 valence electrons. The lowest BCUT2D eigenvalue weighted by Gasteiger charge is -2.29. The number of aryl methyl sites for hydroxylation is 1. The number of nitrogens with one attached hydrogen (secondary N) is 1. The van der Waals surface area contributed by atoms with E-state index in [0.29, 0.717) is 17.2 Å². The van der Waals surface area contributed by atoms with Crippen molar-refractivity contribution in [3.8, 4) is 5.75 Å². The zero-order chi connectivity index (χ0) is 21.4. The van der Waals surface area contributed by atoms with E-state index in [9.17, 15) is 32.4 Å². The molecule has 1 aliphatic rings. The summed E-state index contributed by atoms with van der Waals surface area (Å²) in [6, 6.07) is 8.32. The average Bonchev–Trinajstić information content (AvgIpc) is 2.98. The Morgan fingerprint density at radius 1 is 1.21 bits per heavy atom. The van der Waals surface area contributed by atoms with Gasteiger partial charge in [-0.05, 0) is 54.2 Å². The number of phenols is 1. The zero-order valence-electron chi connectivity index (χ0n) is 15.6. The number of aliphatic hydroxyl groups is 1. The number of halogens is 3. The second-order valence-electron chi connectivity index (χ2n) is 7.07. The highest BCUT2D eigenvalue weighted by Crippen LogP contribution is 2.37. The smallest absolute Gasteiger partial charge is 0.417 e. The molecule has 0 aliphatic carbocycles. The van der Waals surface area contributed by atoms with Gasteiger partial charge >= 0.3 is 6.18 Å². The van der Waals surface area contributed by atoms with Crippen molar-refractivity contribution in [3.63, 3.8) is 0 Å². The second kappa shape index (κ2) is 7.83. The zero-order valence-corrected chi connectivity index (χ0v) is 16.4. The number of aromatic hydroxyl groups is 1. The van der Waals surface area contributed by atoms with Gasteiger partial charge in [-0.2, -0.15) is 13.2 Å². The van der Waals surface area contributed by atoms with Crippen molar-refractivity contribution >= 4 is 33.5 Å². The molecule has 29 heavy (non-hydrogen) atoms. The molecular formula is C19H21F3N2O4S. The molecule has 6 nitrogen and oxygen atoms in total. The largest absolute Gasteiger partial charge is 0.506 e. The van der Waals surface area contributed by atoms with E-state index in [1.807, 2.05) is 0 Å². The number of alkyl halides is 3. The summed E-state index contributed by atoms with van der Waals surface area (Å²) in [6.45, 7) is 1.15. The lowest BCUT2D eigenvalue weighted by molar-refractivity contribution is -0.263. The van der Waals surface area contributed by atoms with Gasteiger partial charge in [-0.15, -0.1) is 0 Å². The first kappa shape index (κ1) is 21.4. The molecule has 10 heteroatoms. The van der Waals surface area contributed by atoms with E-state index in [-0.39, 0.29) is 24.4 Å². The van der Waals surface area contributed by atoms with Gasteiger partial charge in [0.05, 0.1) is 5.69 Å². The normalized spacial score (nSPS) is 19.4. The van der Waals surface area contributed by atoms with Crippen LogP contribution in [-0.2, 0) is 22.4 Å². The molecule has 0 bridgehead atoms. The molecule has 2 unspecified atom stereocenters. The van der Waals surface area contributed by atoms with E-state index in [4.69, 9.17) is 0 Å². The number of phenolic OH excluding ortho intramolecular Hbond substituents is 1. The van der Waals surface area contributed by atoms with Gasteiger partial charge in [0.15, 0.2) is 5.60 Å². The van der Waals surface area contributed by atoms with Gasteiger partial charge in [-0.25, -0.2) is 4.21 Å². The highest BCUT2D eigenvalue weighted by atomic mass is 32.2. The quantitative estimate of drug-likeness (QED) is 0.657. The standard InChI is InChI=1S/C19H21F3N2O4S/c1-2-18(27,19(20,21)22)7-3-4-12-5-6-13-10-16(25)15(9-14(13)8-12)24-11-17(26)23-29(24)28/h5-6,8-10,25,27H,2-4,7,11H2,1H3,(H,23,26). The van der Waals surface area contributed by atoms with Gasteiger partial charge < -0.3 is 10.2 Å². The third-order valence-corrected chi connectivity index (χ3v) is 6.25. The fourth-order valence-corrected chi connectivity index (χ4v) is 4.26. The monoisotopic (exact) mass is 430 g/mol. The number of nitrogens with zero attached hydrogens (tertiary/aromatic N) is 1. The molecule has 3 rings (SSSR count). The van der Waals surface area contributed by atoms with E-state index >= 15 is 0 Å². The van der Waals surface area contributed by atoms with Crippen LogP contribution in [0.15, 0.2) is 30.3 Å². The molecule has 2 atom stereocenters. The Morgan fingerprint density at radius 2 is 1.93 bits per heavy atom. The minimum absolute atomic E-state index is 0.131. The number of carbonyl (C=O) groups is 1. The van der Waals surface area contributed by atoms with Crippen LogP contribution in [0.4, 0.5) is 18.9 Å². The Hall–Kier alpha value is -2.33. The third-order valence-electron chi connectivity index (χ3n) is 5.12. The van der Waals surface area contributed by atoms with Crippen LogP contribution in [0.25, 0.3) is 10.8 Å². The number of rotatable bonds is 6. The molecule has 0 saturated carbocycles. The van der Waals surface area contributed by atoms with Gasteiger partial charge in [0.1, 0.15) is 12.3 Å². The molecular weight excluding hydrogens is 409 g/mol. The number of hydrogen-bond donors (Lipinski definition) is 3. The lowest BCUT2D eigenvalue weighted by Crippen LogP contribution is -2.44. The van der Waals surface area contributed by atoms with Gasteiger partial charge in [0, 0.05) is 0 Å². The average molecular weight is 430 g/mol. The topological polar surface area (TPSA) is 89.9 Å². The number of amides is 1. The van der Waals surface area contributed by atoms with E-state index in [0.717, 1.165) is 5.56 Å². The summed E-state index contributed by atoms with van der Waals surface area (Å²) in [5.41, 5.74) is -1.70. The molecule has 2 aromatic carbocycles. The first-order valence-electron chi connectivity index (χ1n) is 9.08. The van der Waals surface area contributed by atoms with Crippen LogP contribution in [0.3, 0.4) is 0 Å². The van der Waals surface area contributed by atoms with Gasteiger partial charge in [0.2, 0.25) is 11.2 Å². The van der Waals surface area contributed by atoms with E-state index in [1.165, 1.54) is 17.3 Å². The summed E-state index contributed by atoms with van der Waals surface area (Å²) < 4.78 is 54.4. The van der Waals surface area contributed by atoms with Crippen LogP contribution in [-0.4, -0.2) is 38.7 Å². The number of anilines is 1. The summed E-state index contributed by atoms with van der Waals surface area (Å²) in [6.07, 6.45) is -4.99. The summed E-state index contributed by atoms with van der Waals surface area (Å²) in [5, 5.41) is 21.4. The predicted molar refractivity (Wildman–Crippen MR) is 103 cm³/mol. The highest BCUT2D eigenvalue weighted by Gasteiger charge is 2.51. The molecule has 0 aromatic heterocycles. The number of hydrogen-bond acceptors (Lipinski definition) is 4. The first-order chi connectivity index (χ1) is 13.5. The summed E-state index contributed by atoms with van der Waals surface area (Å²) in [5.74, 6) is -0.557. The van der Waals surface area contributed by atoms with Crippen LogP contribution in [0.1, 0.15) is 31.7 Å². The Balaban J connectivity index is 1.80. The minimum Gasteiger partial charge on any atom is -0.506 e. The number of benzene rings is 2. The van der Waals surface area contributed by atoms with Gasteiger partial charge in [-0.1, -0.05) is 25.1 Å². The summed E-state index contributed by atoms with van der Waals surface area (Å²) in [4.78, 5) is 11.4. The first-order valence-corrected chi connectivity index (χ1v) is 10.2. The van der Waals surface area contributed by atoms with E-state index < -0.39 is 41.7 Å². The Morgan fingerprint density at radius 3 is 2.52 bits per heavy atom. The van der Waals surface area contributed by atoms with Crippen LogP contribution >= 0.6 is 0 Å². The van der Waals surface area contributed by atoms with E-state index in [2.05, 4.69) is 4.72 Å². The van der Waals surface area contributed by atoms with Crippen molar-refractivity contribution in [2.24, 2.45) is 0 Å². The van der Waals surface area contributed by atoms with Crippen molar-refractivity contribution in [2.75, 3.05) is 10.8 Å². The van der Waals surface area contributed by atoms with Crippen molar-refractivity contribution in [2.45, 2.75) is 44.4 Å². The van der Waals surface area contributed by atoms with Crippen molar-refractivity contribution in [1.29, 1.82) is 0 Å². The SMILES string of the molecule is CCC(O)(CCCc1ccc2cc(O)c(N3CC(=O)NS3=O)cc2c1)C(F)(F)F. The maximum atomic E-state index is 13.0. The maximum Gasteiger partial charge on any atom is 0.417 e. The number of carbonyl (C=O) groups excluding carboxylic acids is 1. The van der Waals surface area contributed by atoms with Crippen LogP contribution in [0.5, 0.6) is 5.75 Å². The second-order valence-corrected chi connectivity index (χ2v) is 8.21. The summed E-state index contributed by atoms with van der Waals surface area (Å²) in [7, 11) is 0. The minimum atomic E-state index is -4.67. The van der Waals surface area contributed by atoms with Gasteiger partial charge in [0.25, 0.3) is 5.91 Å². The molecule has 1 saturated heterocycles. The number of fused-ring (bicyclic) bond motifs is 1. The van der Waals surface area contributed by atoms with Gasteiger partial charge in [-0.3, -0.25) is 13.8 Å². The fourth-order valence-electron chi connectivity index (χ4n) is 3.33. The third kappa shape index (κ3) is 4.32. The molecule has 2 aromatic rings. The Bertz CT molecular complexity index is 966. The molecule has 1 aliphatic heterocycles. The van der Waals surface area contributed by atoms with Crippen LogP contribution in [0.2, 0.25) is 0 Å². The molecule has 3 N–H and O–H groups in total.